The minimum Gasteiger partial charge on any atom is -0.394 e. The van der Waals surface area contributed by atoms with Crippen LogP contribution in [-0.4, -0.2) is 58.6 Å². The molecule has 0 radical (unpaired) electrons. The van der Waals surface area contributed by atoms with E-state index in [1.54, 1.807) is 6.07 Å². The van der Waals surface area contributed by atoms with E-state index in [4.69, 9.17) is 9.47 Å². The van der Waals surface area contributed by atoms with E-state index in [1.807, 2.05) is 13.0 Å². The predicted octanol–water partition coefficient (Wildman–Crippen LogP) is 2.18. The number of benzene rings is 2. The molecule has 1 saturated heterocycles. The van der Waals surface area contributed by atoms with E-state index in [9.17, 15) is 20.4 Å². The molecule has 0 spiro atoms. The van der Waals surface area contributed by atoms with E-state index in [-0.39, 0.29) is 0 Å². The number of aryl methyl sites for hydroxylation is 1. The number of aliphatic hydroxyl groups excluding tert-OH is 4. The average molecular weight is 481 g/mol. The van der Waals surface area contributed by atoms with Gasteiger partial charge in [0.1, 0.15) is 24.4 Å². The van der Waals surface area contributed by atoms with Crippen LogP contribution in [0.4, 0.5) is 0 Å². The highest BCUT2D eigenvalue weighted by molar-refractivity contribution is 9.10. The minimum atomic E-state index is -1.73. The van der Waals surface area contributed by atoms with Crippen molar-refractivity contribution in [3.63, 3.8) is 0 Å². The fraction of sp³-hybridized carbons (Fsp3) is 0.478. The molecule has 2 aromatic rings. The molecule has 0 saturated carbocycles. The van der Waals surface area contributed by atoms with Crippen molar-refractivity contribution in [2.24, 2.45) is 0 Å². The fourth-order valence-electron chi connectivity index (χ4n) is 3.90. The molecule has 4 N–H and O–H groups in total. The van der Waals surface area contributed by atoms with E-state index < -0.39 is 36.8 Å². The summed E-state index contributed by atoms with van der Waals surface area (Å²) in [6.07, 6.45) is -3.99. The summed E-state index contributed by atoms with van der Waals surface area (Å²) in [6, 6.07) is 12.1. The molecule has 0 amide bonds. The molecule has 6 nitrogen and oxygen atoms in total. The Morgan fingerprint density at radius 2 is 1.70 bits per heavy atom. The van der Waals surface area contributed by atoms with Crippen LogP contribution in [0.1, 0.15) is 34.7 Å². The largest absolute Gasteiger partial charge is 0.394 e. The van der Waals surface area contributed by atoms with Gasteiger partial charge in [-0.25, -0.2) is 0 Å². The van der Waals surface area contributed by atoms with Crippen LogP contribution in [-0.2, 0) is 28.1 Å². The van der Waals surface area contributed by atoms with Gasteiger partial charge in [-0.15, -0.1) is 0 Å². The molecular formula is C23H29BrO6. The van der Waals surface area contributed by atoms with Crippen LogP contribution in [0, 0.1) is 6.92 Å². The van der Waals surface area contributed by atoms with E-state index in [0.717, 1.165) is 27.6 Å². The predicted molar refractivity (Wildman–Crippen MR) is 116 cm³/mol. The Kier molecular flexibility index (Phi) is 7.35. The van der Waals surface area contributed by atoms with Crippen LogP contribution in [0.5, 0.6) is 0 Å². The zero-order chi connectivity index (χ0) is 22.1. The molecular weight excluding hydrogens is 452 g/mol. The average Bonchev–Trinajstić information content (AvgIpc) is 2.76. The highest BCUT2D eigenvalue weighted by Gasteiger charge is 2.55. The third kappa shape index (κ3) is 4.21. The summed E-state index contributed by atoms with van der Waals surface area (Å²) < 4.78 is 12.2. The molecule has 5 atom stereocenters. The van der Waals surface area contributed by atoms with Crippen molar-refractivity contribution < 1.29 is 29.9 Å². The second kappa shape index (κ2) is 9.44. The van der Waals surface area contributed by atoms with Crippen LogP contribution in [0.25, 0.3) is 0 Å². The molecule has 0 bridgehead atoms. The van der Waals surface area contributed by atoms with Crippen molar-refractivity contribution >= 4 is 15.9 Å². The smallest absolute Gasteiger partial charge is 0.224 e. The molecule has 0 unspecified atom stereocenters. The summed E-state index contributed by atoms with van der Waals surface area (Å²) in [5, 5.41) is 40.8. The summed E-state index contributed by atoms with van der Waals surface area (Å²) in [4.78, 5) is 0. The lowest BCUT2D eigenvalue weighted by atomic mass is 9.86. The number of methoxy groups -OCH3 is 1. The zero-order valence-corrected chi connectivity index (χ0v) is 19.0. The number of aliphatic hydroxyl groups is 4. The number of halogens is 1. The second-order valence-electron chi connectivity index (χ2n) is 7.73. The first-order valence-electron chi connectivity index (χ1n) is 10.0. The van der Waals surface area contributed by atoms with Crippen LogP contribution in [0.3, 0.4) is 0 Å². The first-order chi connectivity index (χ1) is 14.3. The van der Waals surface area contributed by atoms with Crippen LogP contribution < -0.4 is 0 Å². The minimum absolute atomic E-state index is 0.486. The highest BCUT2D eigenvalue weighted by Crippen LogP contribution is 2.41. The van der Waals surface area contributed by atoms with Gasteiger partial charge < -0.3 is 29.9 Å². The van der Waals surface area contributed by atoms with Gasteiger partial charge in [0.25, 0.3) is 0 Å². The van der Waals surface area contributed by atoms with E-state index in [1.165, 1.54) is 12.7 Å². The molecule has 7 heteroatoms. The first-order valence-corrected chi connectivity index (χ1v) is 10.8. The standard InChI is InChI=1S/C23H29BrO6/c1-4-14-5-7-15(8-6-14)9-16-10-17(11-18(24)13(16)2)23(29-3)22(28)21(27)20(26)19(12-25)30-23/h5-8,10-11,19-22,25-28H,4,9,12H2,1-3H3/t19-,20-,21+,22-,23+/m1/s1. The van der Waals surface area contributed by atoms with Crippen molar-refractivity contribution in [3.8, 4) is 0 Å². The summed E-state index contributed by atoms with van der Waals surface area (Å²) in [5.41, 5.74) is 4.93. The van der Waals surface area contributed by atoms with Crippen LogP contribution in [0.2, 0.25) is 0 Å². The molecule has 164 valence electrons. The van der Waals surface area contributed by atoms with E-state index >= 15 is 0 Å². The van der Waals surface area contributed by atoms with Gasteiger partial charge >= 0.3 is 0 Å². The lowest BCUT2D eigenvalue weighted by molar-refractivity contribution is -0.366. The van der Waals surface area contributed by atoms with Gasteiger partial charge in [0, 0.05) is 17.1 Å². The summed E-state index contributed by atoms with van der Waals surface area (Å²) >= 11 is 3.58. The highest BCUT2D eigenvalue weighted by atomic mass is 79.9. The van der Waals surface area contributed by atoms with Gasteiger partial charge in [0.05, 0.1) is 6.61 Å². The number of rotatable bonds is 6. The van der Waals surface area contributed by atoms with Crippen molar-refractivity contribution in [1.82, 2.24) is 0 Å². The number of ether oxygens (including phenoxy) is 2. The Morgan fingerprint density at radius 3 is 2.27 bits per heavy atom. The van der Waals surface area contributed by atoms with Crippen LogP contribution in [0.15, 0.2) is 40.9 Å². The molecule has 1 fully saturated rings. The Morgan fingerprint density at radius 1 is 1.07 bits per heavy atom. The SMILES string of the molecule is CCc1ccc(Cc2cc([C@]3(OC)O[C@H](CO)[C@@H](O)[C@H](O)[C@H]3O)cc(Br)c2C)cc1. The quantitative estimate of drug-likeness (QED) is 0.505. The Labute approximate surface area is 185 Å². The Hall–Kier alpha value is -1.32. The zero-order valence-electron chi connectivity index (χ0n) is 17.4. The van der Waals surface area contributed by atoms with E-state index in [0.29, 0.717) is 12.0 Å². The van der Waals surface area contributed by atoms with Gasteiger partial charge in [-0.05, 0) is 54.2 Å². The fourth-order valence-corrected chi connectivity index (χ4v) is 4.40. The molecule has 30 heavy (non-hydrogen) atoms. The van der Waals surface area contributed by atoms with Crippen molar-refractivity contribution in [2.75, 3.05) is 13.7 Å². The van der Waals surface area contributed by atoms with Gasteiger partial charge in [-0.3, -0.25) is 0 Å². The van der Waals surface area contributed by atoms with Gasteiger partial charge in [0.2, 0.25) is 5.79 Å². The summed E-state index contributed by atoms with van der Waals surface area (Å²) in [6.45, 7) is 3.58. The molecule has 2 aromatic carbocycles. The monoisotopic (exact) mass is 480 g/mol. The lowest BCUT2D eigenvalue weighted by Crippen LogP contribution is -2.64. The van der Waals surface area contributed by atoms with E-state index in [2.05, 4.69) is 47.1 Å². The third-order valence-corrected chi connectivity index (χ3v) is 6.76. The molecule has 0 aromatic heterocycles. The Bertz CT molecular complexity index is 869. The first kappa shape index (κ1) is 23.3. The van der Waals surface area contributed by atoms with Gasteiger partial charge in [0.15, 0.2) is 0 Å². The third-order valence-electron chi connectivity index (χ3n) is 5.93. The normalized spacial score (nSPS) is 29.2. The Balaban J connectivity index is 2.03. The molecule has 1 aliphatic rings. The van der Waals surface area contributed by atoms with Gasteiger partial charge in [-0.1, -0.05) is 47.1 Å². The molecule has 0 aliphatic carbocycles. The van der Waals surface area contributed by atoms with Crippen molar-refractivity contribution in [1.29, 1.82) is 0 Å². The molecule has 1 aliphatic heterocycles. The number of hydrogen-bond acceptors (Lipinski definition) is 6. The topological polar surface area (TPSA) is 99.4 Å². The molecule has 3 rings (SSSR count). The maximum atomic E-state index is 10.8. The molecule has 1 heterocycles. The maximum Gasteiger partial charge on any atom is 0.224 e. The number of hydrogen-bond donors (Lipinski definition) is 4. The van der Waals surface area contributed by atoms with Crippen LogP contribution >= 0.6 is 15.9 Å². The summed E-state index contributed by atoms with van der Waals surface area (Å²) in [5.74, 6) is -1.73. The van der Waals surface area contributed by atoms with Crippen molar-refractivity contribution in [3.05, 3.63) is 68.7 Å². The second-order valence-corrected chi connectivity index (χ2v) is 8.58. The van der Waals surface area contributed by atoms with Gasteiger partial charge in [-0.2, -0.15) is 0 Å². The summed E-state index contributed by atoms with van der Waals surface area (Å²) in [7, 11) is 1.36. The maximum absolute atomic E-state index is 10.8. The lowest BCUT2D eigenvalue weighted by Gasteiger charge is -2.47. The van der Waals surface area contributed by atoms with Crippen molar-refractivity contribution in [2.45, 2.75) is 56.9 Å².